The summed E-state index contributed by atoms with van der Waals surface area (Å²) in [6, 6.07) is 4.44. The van der Waals surface area contributed by atoms with Crippen LogP contribution in [-0.2, 0) is 0 Å². The Morgan fingerprint density at radius 2 is 2.00 bits per heavy atom. The standard InChI is InChI=1S/C11H10ClI/c12-11-9(13)4-3-8-6-1-2-7(5-6)10(8)11/h3-4,6-7H,1-2,5H2. The predicted molar refractivity (Wildman–Crippen MR) is 63.5 cm³/mol. The van der Waals surface area contributed by atoms with Crippen molar-refractivity contribution in [2.45, 2.75) is 31.1 Å². The number of fused-ring (bicyclic) bond motifs is 5. The highest BCUT2D eigenvalue weighted by molar-refractivity contribution is 14.1. The Morgan fingerprint density at radius 1 is 1.23 bits per heavy atom. The van der Waals surface area contributed by atoms with Crippen LogP contribution >= 0.6 is 34.2 Å². The van der Waals surface area contributed by atoms with Gasteiger partial charge in [-0.05, 0) is 70.9 Å². The van der Waals surface area contributed by atoms with Gasteiger partial charge in [0.05, 0.1) is 5.02 Å². The van der Waals surface area contributed by atoms with Crippen LogP contribution in [0.5, 0.6) is 0 Å². The van der Waals surface area contributed by atoms with Gasteiger partial charge >= 0.3 is 0 Å². The van der Waals surface area contributed by atoms with E-state index in [0.29, 0.717) is 0 Å². The van der Waals surface area contributed by atoms with Crippen molar-refractivity contribution in [2.75, 3.05) is 0 Å². The summed E-state index contributed by atoms with van der Waals surface area (Å²) in [4.78, 5) is 0. The molecule has 1 aromatic carbocycles. The zero-order valence-electron chi connectivity index (χ0n) is 7.19. The molecule has 0 aromatic heterocycles. The van der Waals surface area contributed by atoms with E-state index in [1.54, 1.807) is 5.56 Å². The van der Waals surface area contributed by atoms with Gasteiger partial charge in [0.25, 0.3) is 0 Å². The number of benzene rings is 1. The van der Waals surface area contributed by atoms with E-state index in [-0.39, 0.29) is 0 Å². The Hall–Kier alpha value is 0.240. The molecule has 0 saturated heterocycles. The fraction of sp³-hybridized carbons (Fsp3) is 0.455. The van der Waals surface area contributed by atoms with Gasteiger partial charge < -0.3 is 0 Å². The summed E-state index contributed by atoms with van der Waals surface area (Å²) in [6.45, 7) is 0. The lowest BCUT2D eigenvalue weighted by Crippen LogP contribution is -1.99. The predicted octanol–water partition coefficient (Wildman–Crippen LogP) is 4.31. The molecule has 3 rings (SSSR count). The van der Waals surface area contributed by atoms with E-state index in [9.17, 15) is 0 Å². The molecule has 0 nitrogen and oxygen atoms in total. The van der Waals surface area contributed by atoms with E-state index in [1.165, 1.54) is 28.4 Å². The molecule has 0 amide bonds. The Bertz CT molecular complexity index is 373. The third-order valence-corrected chi connectivity index (χ3v) is 5.07. The molecule has 1 aromatic rings. The molecule has 2 aliphatic carbocycles. The van der Waals surface area contributed by atoms with Crippen LogP contribution in [0.4, 0.5) is 0 Å². The Morgan fingerprint density at radius 3 is 2.85 bits per heavy atom. The maximum Gasteiger partial charge on any atom is 0.0577 e. The smallest absolute Gasteiger partial charge is 0.0577 e. The first-order valence-electron chi connectivity index (χ1n) is 4.75. The van der Waals surface area contributed by atoms with E-state index < -0.39 is 0 Å². The molecule has 0 aliphatic heterocycles. The third kappa shape index (κ3) is 1.09. The van der Waals surface area contributed by atoms with Crippen LogP contribution in [-0.4, -0.2) is 0 Å². The SMILES string of the molecule is Clc1c(I)ccc2c1C1CCC2C1. The molecule has 0 heterocycles. The molecule has 0 spiro atoms. The fourth-order valence-electron chi connectivity index (χ4n) is 2.88. The molecule has 2 bridgehead atoms. The number of hydrogen-bond acceptors (Lipinski definition) is 0. The van der Waals surface area contributed by atoms with E-state index in [2.05, 4.69) is 34.7 Å². The van der Waals surface area contributed by atoms with Crippen LogP contribution in [0.25, 0.3) is 0 Å². The third-order valence-electron chi connectivity index (χ3n) is 3.45. The highest BCUT2D eigenvalue weighted by Crippen LogP contribution is 2.55. The molecular weight excluding hydrogens is 294 g/mol. The summed E-state index contributed by atoms with van der Waals surface area (Å²) in [6.07, 6.45) is 4.10. The minimum atomic E-state index is 0.780. The van der Waals surface area contributed by atoms with Crippen LogP contribution in [0.2, 0.25) is 5.02 Å². The minimum Gasteiger partial charge on any atom is -0.0829 e. The summed E-state index contributed by atoms with van der Waals surface area (Å²) in [5, 5.41) is 1.03. The first-order chi connectivity index (χ1) is 6.27. The van der Waals surface area contributed by atoms with Crippen molar-refractivity contribution < 1.29 is 0 Å². The van der Waals surface area contributed by atoms with Gasteiger partial charge in [-0.25, -0.2) is 0 Å². The van der Waals surface area contributed by atoms with Crippen LogP contribution in [0, 0.1) is 3.57 Å². The van der Waals surface area contributed by atoms with Crippen molar-refractivity contribution in [3.63, 3.8) is 0 Å². The number of rotatable bonds is 0. The van der Waals surface area contributed by atoms with Crippen molar-refractivity contribution in [3.05, 3.63) is 31.9 Å². The van der Waals surface area contributed by atoms with E-state index in [1.807, 2.05) is 0 Å². The maximum atomic E-state index is 6.33. The summed E-state index contributed by atoms with van der Waals surface area (Å²) >= 11 is 8.65. The molecule has 0 radical (unpaired) electrons. The van der Waals surface area contributed by atoms with E-state index in [0.717, 1.165) is 16.9 Å². The monoisotopic (exact) mass is 304 g/mol. The van der Waals surface area contributed by atoms with E-state index >= 15 is 0 Å². The van der Waals surface area contributed by atoms with Crippen LogP contribution in [0.3, 0.4) is 0 Å². The van der Waals surface area contributed by atoms with Crippen LogP contribution in [0.15, 0.2) is 12.1 Å². The minimum absolute atomic E-state index is 0.780. The molecule has 0 N–H and O–H groups in total. The Kier molecular flexibility index (Phi) is 1.88. The van der Waals surface area contributed by atoms with Gasteiger partial charge in [-0.1, -0.05) is 17.7 Å². The molecule has 2 aliphatic rings. The topological polar surface area (TPSA) is 0 Å². The highest BCUT2D eigenvalue weighted by Gasteiger charge is 2.38. The summed E-state index contributed by atoms with van der Waals surface area (Å²) in [5.74, 6) is 1.61. The second-order valence-electron chi connectivity index (χ2n) is 4.07. The van der Waals surface area contributed by atoms with Crippen molar-refractivity contribution in [2.24, 2.45) is 0 Å². The Labute approximate surface area is 96.8 Å². The summed E-state index contributed by atoms with van der Waals surface area (Å²) < 4.78 is 1.21. The number of halogens is 2. The van der Waals surface area contributed by atoms with Crippen molar-refractivity contribution in [3.8, 4) is 0 Å². The van der Waals surface area contributed by atoms with Crippen molar-refractivity contribution >= 4 is 34.2 Å². The fourth-order valence-corrected chi connectivity index (χ4v) is 3.68. The van der Waals surface area contributed by atoms with Gasteiger partial charge in [0.15, 0.2) is 0 Å². The molecule has 2 unspecified atom stereocenters. The van der Waals surface area contributed by atoms with Gasteiger partial charge in [0.2, 0.25) is 0 Å². The summed E-state index contributed by atoms with van der Waals surface area (Å²) in [5.41, 5.74) is 3.02. The lowest BCUT2D eigenvalue weighted by atomic mass is 9.92. The maximum absolute atomic E-state index is 6.33. The van der Waals surface area contributed by atoms with Gasteiger partial charge in [0, 0.05) is 3.57 Å². The average Bonchev–Trinajstić information content (AvgIpc) is 2.70. The Balaban J connectivity index is 2.26. The first kappa shape index (κ1) is 8.54. The second-order valence-corrected chi connectivity index (χ2v) is 5.61. The largest absolute Gasteiger partial charge is 0.0829 e. The molecule has 13 heavy (non-hydrogen) atoms. The normalized spacial score (nSPS) is 29.4. The molecular formula is C11H10ClI. The van der Waals surface area contributed by atoms with Crippen molar-refractivity contribution in [1.82, 2.24) is 0 Å². The zero-order valence-corrected chi connectivity index (χ0v) is 10.1. The first-order valence-corrected chi connectivity index (χ1v) is 6.21. The van der Waals surface area contributed by atoms with Gasteiger partial charge in [-0.3, -0.25) is 0 Å². The molecule has 68 valence electrons. The van der Waals surface area contributed by atoms with Gasteiger partial charge in [0.1, 0.15) is 0 Å². The zero-order chi connectivity index (χ0) is 9.00. The summed E-state index contributed by atoms with van der Waals surface area (Å²) in [7, 11) is 0. The lowest BCUT2D eigenvalue weighted by molar-refractivity contribution is 0.717. The molecule has 1 fully saturated rings. The van der Waals surface area contributed by atoms with Crippen molar-refractivity contribution in [1.29, 1.82) is 0 Å². The lowest BCUT2D eigenvalue weighted by Gasteiger charge is -2.16. The highest BCUT2D eigenvalue weighted by atomic mass is 127. The number of hydrogen-bond donors (Lipinski definition) is 0. The van der Waals surface area contributed by atoms with Gasteiger partial charge in [-0.15, -0.1) is 0 Å². The molecule has 1 saturated carbocycles. The second kappa shape index (κ2) is 2.86. The van der Waals surface area contributed by atoms with Gasteiger partial charge in [-0.2, -0.15) is 0 Å². The molecule has 2 atom stereocenters. The van der Waals surface area contributed by atoms with Crippen LogP contribution in [0.1, 0.15) is 42.2 Å². The van der Waals surface area contributed by atoms with E-state index in [4.69, 9.17) is 11.6 Å². The van der Waals surface area contributed by atoms with Crippen LogP contribution < -0.4 is 0 Å². The quantitative estimate of drug-likeness (QED) is 0.627. The molecule has 2 heteroatoms. The average molecular weight is 305 g/mol.